The van der Waals surface area contributed by atoms with Gasteiger partial charge in [0.25, 0.3) is 0 Å². The normalized spacial score (nSPS) is 10.6. The van der Waals surface area contributed by atoms with Gasteiger partial charge in [-0.3, -0.25) is 0 Å². The molecule has 23 heavy (non-hydrogen) atoms. The molecule has 0 saturated heterocycles. The Balaban J connectivity index is 1.98. The molecular weight excluding hydrogens is 284 g/mol. The third kappa shape index (κ3) is 5.02. The van der Waals surface area contributed by atoms with Crippen molar-refractivity contribution in [1.82, 2.24) is 0 Å². The summed E-state index contributed by atoms with van der Waals surface area (Å²) in [7, 11) is 1.71. The third-order valence-corrected chi connectivity index (χ3v) is 4.29. The highest BCUT2D eigenvalue weighted by atomic mass is 16.5. The number of hydrogen-bond donors (Lipinski definition) is 0. The molecule has 2 nitrogen and oxygen atoms in total. The van der Waals surface area contributed by atoms with Crippen molar-refractivity contribution in [1.29, 1.82) is 0 Å². The van der Waals surface area contributed by atoms with Gasteiger partial charge in [0.05, 0.1) is 13.7 Å². The lowest BCUT2D eigenvalue weighted by molar-refractivity contribution is 0.309. The van der Waals surface area contributed by atoms with Crippen LogP contribution in [0, 0.1) is 13.8 Å². The van der Waals surface area contributed by atoms with Crippen LogP contribution in [-0.2, 0) is 12.8 Å². The van der Waals surface area contributed by atoms with Crippen molar-refractivity contribution in [3.8, 4) is 11.5 Å². The van der Waals surface area contributed by atoms with Crippen molar-refractivity contribution < 1.29 is 9.47 Å². The number of unbranched alkanes of at least 4 members (excludes halogenated alkanes) is 1. The van der Waals surface area contributed by atoms with Gasteiger partial charge >= 0.3 is 0 Å². The first-order valence-electron chi connectivity index (χ1n) is 8.50. The van der Waals surface area contributed by atoms with E-state index in [1.54, 1.807) is 7.11 Å². The van der Waals surface area contributed by atoms with E-state index in [-0.39, 0.29) is 0 Å². The van der Waals surface area contributed by atoms with Gasteiger partial charge in [0, 0.05) is 0 Å². The number of benzene rings is 2. The fraction of sp³-hybridized carbons (Fsp3) is 0.429. The molecule has 0 aromatic heterocycles. The van der Waals surface area contributed by atoms with Crippen LogP contribution in [0.5, 0.6) is 11.5 Å². The van der Waals surface area contributed by atoms with Gasteiger partial charge in [-0.15, -0.1) is 0 Å². The average Bonchev–Trinajstić information content (AvgIpc) is 2.55. The molecule has 0 fully saturated rings. The van der Waals surface area contributed by atoms with Crippen LogP contribution >= 0.6 is 0 Å². The van der Waals surface area contributed by atoms with Gasteiger partial charge in [-0.1, -0.05) is 25.5 Å². The molecule has 2 aromatic carbocycles. The number of methoxy groups -OCH3 is 1. The predicted molar refractivity (Wildman–Crippen MR) is 96.7 cm³/mol. The Morgan fingerprint density at radius 3 is 1.91 bits per heavy atom. The van der Waals surface area contributed by atoms with Crippen molar-refractivity contribution in [2.75, 3.05) is 13.7 Å². The van der Waals surface area contributed by atoms with Crippen LogP contribution in [0.25, 0.3) is 0 Å². The predicted octanol–water partition coefficient (Wildman–Crippen LogP) is 5.28. The summed E-state index contributed by atoms with van der Waals surface area (Å²) in [6.45, 7) is 7.30. The zero-order valence-corrected chi connectivity index (χ0v) is 14.8. The van der Waals surface area contributed by atoms with Crippen molar-refractivity contribution in [2.24, 2.45) is 0 Å². The Kier molecular flexibility index (Phi) is 6.52. The lowest BCUT2D eigenvalue weighted by Crippen LogP contribution is -1.99. The molecular formula is C21H28O2. The van der Waals surface area contributed by atoms with Gasteiger partial charge in [0.15, 0.2) is 0 Å². The Bertz CT molecular complexity index is 632. The minimum atomic E-state index is 0.806. The molecule has 0 amide bonds. The molecule has 0 aliphatic carbocycles. The van der Waals surface area contributed by atoms with E-state index in [0.29, 0.717) is 0 Å². The zero-order chi connectivity index (χ0) is 16.7. The number of hydrogen-bond acceptors (Lipinski definition) is 2. The number of aryl methyl sites for hydroxylation is 4. The van der Waals surface area contributed by atoms with Crippen LogP contribution in [0.4, 0.5) is 0 Å². The molecule has 2 heteroatoms. The summed E-state index contributed by atoms with van der Waals surface area (Å²) in [6.07, 6.45) is 4.37. The molecule has 0 spiro atoms. The second-order valence-corrected chi connectivity index (χ2v) is 6.08. The summed E-state index contributed by atoms with van der Waals surface area (Å²) < 4.78 is 11.0. The highest BCUT2D eigenvalue weighted by Crippen LogP contribution is 2.22. The van der Waals surface area contributed by atoms with Crippen LogP contribution in [0.15, 0.2) is 36.4 Å². The van der Waals surface area contributed by atoms with Crippen molar-refractivity contribution in [2.45, 2.75) is 46.5 Å². The second kappa shape index (κ2) is 8.61. The lowest BCUT2D eigenvalue weighted by atomic mass is 9.98. The molecule has 2 rings (SSSR count). The molecule has 124 valence electrons. The number of rotatable bonds is 8. The minimum absolute atomic E-state index is 0.806. The molecule has 0 atom stereocenters. The van der Waals surface area contributed by atoms with Crippen molar-refractivity contribution in [3.05, 3.63) is 58.7 Å². The molecule has 2 aromatic rings. The average molecular weight is 312 g/mol. The van der Waals surface area contributed by atoms with E-state index in [9.17, 15) is 0 Å². The standard InChI is InChI=1S/C21H28O2/c1-5-6-13-23-21-12-10-19(17(3)15-21)8-7-18-9-11-20(22-4)14-16(18)2/h9-12,14-15H,5-8,13H2,1-4H3. The number of ether oxygens (including phenoxy) is 2. The highest BCUT2D eigenvalue weighted by molar-refractivity contribution is 5.38. The molecule has 0 N–H and O–H groups in total. The van der Waals surface area contributed by atoms with Crippen LogP contribution in [0.3, 0.4) is 0 Å². The summed E-state index contributed by atoms with van der Waals surface area (Å²) in [5.41, 5.74) is 5.38. The van der Waals surface area contributed by atoms with E-state index in [2.05, 4.69) is 51.1 Å². The highest BCUT2D eigenvalue weighted by Gasteiger charge is 2.05. The van der Waals surface area contributed by atoms with E-state index in [1.165, 1.54) is 22.3 Å². The van der Waals surface area contributed by atoms with Gasteiger partial charge < -0.3 is 9.47 Å². The van der Waals surface area contributed by atoms with Gasteiger partial charge in [0.1, 0.15) is 11.5 Å². The molecule has 0 saturated carbocycles. The van der Waals surface area contributed by atoms with Gasteiger partial charge in [-0.2, -0.15) is 0 Å². The second-order valence-electron chi connectivity index (χ2n) is 6.08. The Hall–Kier alpha value is -1.96. The summed E-state index contributed by atoms with van der Waals surface area (Å²) in [6, 6.07) is 12.8. The van der Waals surface area contributed by atoms with E-state index in [0.717, 1.165) is 43.8 Å². The maximum atomic E-state index is 5.78. The smallest absolute Gasteiger partial charge is 0.119 e. The van der Waals surface area contributed by atoms with Crippen LogP contribution in [0.1, 0.15) is 42.0 Å². The maximum Gasteiger partial charge on any atom is 0.119 e. The lowest BCUT2D eigenvalue weighted by Gasteiger charge is -2.12. The monoisotopic (exact) mass is 312 g/mol. The van der Waals surface area contributed by atoms with E-state index in [4.69, 9.17) is 9.47 Å². The van der Waals surface area contributed by atoms with Gasteiger partial charge in [-0.05, 0) is 79.6 Å². The summed E-state index contributed by atoms with van der Waals surface area (Å²) >= 11 is 0. The Morgan fingerprint density at radius 2 is 1.39 bits per heavy atom. The first-order chi connectivity index (χ1) is 11.1. The van der Waals surface area contributed by atoms with Crippen molar-refractivity contribution >= 4 is 0 Å². The topological polar surface area (TPSA) is 18.5 Å². The fourth-order valence-corrected chi connectivity index (χ4v) is 2.72. The van der Waals surface area contributed by atoms with Gasteiger partial charge in [0.2, 0.25) is 0 Å². The Morgan fingerprint density at radius 1 is 0.826 bits per heavy atom. The van der Waals surface area contributed by atoms with Gasteiger partial charge in [-0.25, -0.2) is 0 Å². The summed E-state index contributed by atoms with van der Waals surface area (Å²) in [5, 5.41) is 0. The first-order valence-corrected chi connectivity index (χ1v) is 8.50. The maximum absolute atomic E-state index is 5.78. The van der Waals surface area contributed by atoms with Crippen LogP contribution < -0.4 is 9.47 Å². The largest absolute Gasteiger partial charge is 0.497 e. The third-order valence-electron chi connectivity index (χ3n) is 4.29. The van der Waals surface area contributed by atoms with Crippen LogP contribution in [0.2, 0.25) is 0 Å². The van der Waals surface area contributed by atoms with E-state index in [1.807, 2.05) is 6.07 Å². The molecule has 0 bridgehead atoms. The van der Waals surface area contributed by atoms with E-state index < -0.39 is 0 Å². The molecule has 0 unspecified atom stereocenters. The van der Waals surface area contributed by atoms with Crippen molar-refractivity contribution in [3.63, 3.8) is 0 Å². The Labute approximate surface area is 140 Å². The van der Waals surface area contributed by atoms with E-state index >= 15 is 0 Å². The molecule has 0 radical (unpaired) electrons. The quantitative estimate of drug-likeness (QED) is 0.618. The first kappa shape index (κ1) is 17.4. The SMILES string of the molecule is CCCCOc1ccc(CCc2ccc(OC)cc2C)c(C)c1. The molecule has 0 aliphatic rings. The molecule has 0 aliphatic heterocycles. The summed E-state index contributed by atoms with van der Waals surface area (Å²) in [4.78, 5) is 0. The minimum Gasteiger partial charge on any atom is -0.497 e. The zero-order valence-electron chi connectivity index (χ0n) is 14.8. The molecule has 0 heterocycles. The summed E-state index contributed by atoms with van der Waals surface area (Å²) in [5.74, 6) is 1.91. The van der Waals surface area contributed by atoms with Crippen LogP contribution in [-0.4, -0.2) is 13.7 Å². The fourth-order valence-electron chi connectivity index (χ4n) is 2.72.